The number of nitrogens with zero attached hydrogens (tertiary/aromatic N) is 2. The number of anilines is 1. The van der Waals surface area contributed by atoms with Crippen LogP contribution in [-0.4, -0.2) is 51.9 Å². The van der Waals surface area contributed by atoms with E-state index in [4.69, 9.17) is 4.74 Å². The fraction of sp³-hybridized carbons (Fsp3) is 0.286. The molecule has 0 bridgehead atoms. The van der Waals surface area contributed by atoms with Crippen LogP contribution in [0.1, 0.15) is 23.6 Å². The highest BCUT2D eigenvalue weighted by molar-refractivity contribution is 7.92. The molecule has 9 heteroatoms. The summed E-state index contributed by atoms with van der Waals surface area (Å²) >= 11 is 0. The summed E-state index contributed by atoms with van der Waals surface area (Å²) in [6.45, 7) is 5.00. The predicted octanol–water partition coefficient (Wildman–Crippen LogP) is 3.67. The number of benzene rings is 3. The highest BCUT2D eigenvalue weighted by Gasteiger charge is 2.32. The number of rotatable bonds is 10. The Morgan fingerprint density at radius 2 is 1.54 bits per heavy atom. The smallest absolute Gasteiger partial charge is 0.264 e. The Morgan fingerprint density at radius 1 is 0.946 bits per heavy atom. The lowest BCUT2D eigenvalue weighted by atomic mass is 10.1. The van der Waals surface area contributed by atoms with Crippen LogP contribution in [0.4, 0.5) is 5.69 Å². The lowest BCUT2D eigenvalue weighted by molar-refractivity contribution is -0.139. The maximum atomic E-state index is 13.8. The molecule has 8 nitrogen and oxygen atoms in total. The molecule has 2 amide bonds. The van der Waals surface area contributed by atoms with Gasteiger partial charge in [-0.25, -0.2) is 8.42 Å². The minimum atomic E-state index is -4.08. The number of methoxy groups -OCH3 is 1. The molecule has 0 fully saturated rings. The number of sulfonamides is 1. The summed E-state index contributed by atoms with van der Waals surface area (Å²) < 4.78 is 33.8. The summed E-state index contributed by atoms with van der Waals surface area (Å²) in [4.78, 5) is 27.8. The van der Waals surface area contributed by atoms with Gasteiger partial charge in [0.2, 0.25) is 11.8 Å². The molecule has 0 unspecified atom stereocenters. The standard InChI is InChI=1S/C28H33N3O5S/c1-20-15-21(2)17-24(16-20)31(37(34,35)26-9-7-6-8-10-26)19-27(32)30(22(3)28(33)29-4)18-23-11-13-25(36-5)14-12-23/h6-17,22H,18-19H2,1-5H3,(H,29,33)/t22-/m1/s1. The number of nitrogens with one attached hydrogen (secondary N) is 1. The molecule has 0 spiro atoms. The lowest BCUT2D eigenvalue weighted by Crippen LogP contribution is -2.50. The van der Waals surface area contributed by atoms with E-state index in [1.165, 1.54) is 24.1 Å². The van der Waals surface area contributed by atoms with Crippen molar-refractivity contribution in [2.75, 3.05) is 25.0 Å². The molecule has 0 saturated heterocycles. The van der Waals surface area contributed by atoms with Crippen molar-refractivity contribution >= 4 is 27.5 Å². The zero-order valence-electron chi connectivity index (χ0n) is 21.8. The van der Waals surface area contributed by atoms with E-state index >= 15 is 0 Å². The van der Waals surface area contributed by atoms with Crippen molar-refractivity contribution in [3.05, 3.63) is 89.5 Å². The van der Waals surface area contributed by atoms with Crippen molar-refractivity contribution in [1.82, 2.24) is 10.2 Å². The molecule has 0 aliphatic carbocycles. The Balaban J connectivity index is 2.04. The summed E-state index contributed by atoms with van der Waals surface area (Å²) in [6.07, 6.45) is 0. The van der Waals surface area contributed by atoms with Crippen molar-refractivity contribution in [1.29, 1.82) is 0 Å². The van der Waals surface area contributed by atoms with Gasteiger partial charge in [-0.3, -0.25) is 13.9 Å². The zero-order valence-corrected chi connectivity index (χ0v) is 22.6. The average Bonchev–Trinajstić information content (AvgIpc) is 2.89. The fourth-order valence-electron chi connectivity index (χ4n) is 4.06. The van der Waals surface area contributed by atoms with Crippen molar-refractivity contribution in [2.45, 2.75) is 38.3 Å². The molecular weight excluding hydrogens is 490 g/mol. The van der Waals surface area contributed by atoms with Crippen LogP contribution in [0.15, 0.2) is 77.7 Å². The van der Waals surface area contributed by atoms with Gasteiger partial charge in [0.1, 0.15) is 18.3 Å². The minimum absolute atomic E-state index is 0.0722. The maximum Gasteiger partial charge on any atom is 0.264 e. The van der Waals surface area contributed by atoms with E-state index in [0.29, 0.717) is 11.4 Å². The molecule has 0 aliphatic heterocycles. The van der Waals surface area contributed by atoms with Crippen molar-refractivity contribution in [3.63, 3.8) is 0 Å². The highest BCUT2D eigenvalue weighted by atomic mass is 32.2. The zero-order chi connectivity index (χ0) is 27.2. The number of carbonyl (C=O) groups is 2. The van der Waals surface area contributed by atoms with E-state index < -0.39 is 28.5 Å². The maximum absolute atomic E-state index is 13.8. The molecule has 3 aromatic carbocycles. The fourth-order valence-corrected chi connectivity index (χ4v) is 5.48. The molecule has 0 aliphatic rings. The van der Waals surface area contributed by atoms with E-state index in [2.05, 4.69) is 5.32 Å². The number of hydrogen-bond acceptors (Lipinski definition) is 5. The molecule has 3 aromatic rings. The first-order chi connectivity index (χ1) is 17.6. The van der Waals surface area contributed by atoms with Crippen molar-refractivity contribution in [3.8, 4) is 5.75 Å². The molecule has 0 aromatic heterocycles. The first kappa shape index (κ1) is 27.7. The third kappa shape index (κ3) is 6.68. The summed E-state index contributed by atoms with van der Waals surface area (Å²) in [6, 6.07) is 19.7. The number of hydrogen-bond donors (Lipinski definition) is 1. The number of amides is 2. The molecular formula is C28H33N3O5S. The van der Waals surface area contributed by atoms with E-state index in [9.17, 15) is 18.0 Å². The second-order valence-corrected chi connectivity index (χ2v) is 10.7. The second-order valence-electron chi connectivity index (χ2n) is 8.83. The van der Waals surface area contributed by atoms with Crippen LogP contribution in [-0.2, 0) is 26.2 Å². The van der Waals surface area contributed by atoms with Gasteiger partial charge >= 0.3 is 0 Å². The van der Waals surface area contributed by atoms with Crippen LogP contribution in [0.5, 0.6) is 5.75 Å². The Labute approximate surface area is 218 Å². The number of aryl methyl sites for hydroxylation is 2. The van der Waals surface area contributed by atoms with Gasteiger partial charge in [0, 0.05) is 13.6 Å². The van der Waals surface area contributed by atoms with Crippen molar-refractivity contribution < 1.29 is 22.7 Å². The average molecular weight is 524 g/mol. The summed E-state index contributed by atoms with van der Waals surface area (Å²) in [7, 11) is -1.02. The first-order valence-electron chi connectivity index (χ1n) is 11.9. The Morgan fingerprint density at radius 3 is 2.08 bits per heavy atom. The Hall–Kier alpha value is -3.85. The molecule has 1 N–H and O–H groups in total. The van der Waals surface area contributed by atoms with E-state index in [1.54, 1.807) is 68.6 Å². The second kappa shape index (κ2) is 11.9. The monoisotopic (exact) mass is 523 g/mol. The number of carbonyl (C=O) groups excluding carboxylic acids is 2. The third-order valence-corrected chi connectivity index (χ3v) is 7.82. The first-order valence-corrected chi connectivity index (χ1v) is 13.3. The SMILES string of the molecule is CNC(=O)[C@@H](C)N(Cc1ccc(OC)cc1)C(=O)CN(c1cc(C)cc(C)c1)S(=O)(=O)c1ccccc1. The Kier molecular flexibility index (Phi) is 8.94. The van der Waals surface area contributed by atoms with Gasteiger partial charge in [-0.15, -0.1) is 0 Å². The largest absolute Gasteiger partial charge is 0.497 e. The van der Waals surface area contributed by atoms with Crippen LogP contribution in [0, 0.1) is 13.8 Å². The minimum Gasteiger partial charge on any atom is -0.497 e. The number of likely N-dealkylation sites (N-methyl/N-ethyl adjacent to an activating group) is 1. The molecule has 3 rings (SSSR count). The van der Waals surface area contributed by atoms with Crippen LogP contribution in [0.2, 0.25) is 0 Å². The number of ether oxygens (including phenoxy) is 1. The summed E-state index contributed by atoms with van der Waals surface area (Å²) in [5, 5.41) is 2.58. The Bertz CT molecular complexity index is 1320. The van der Waals surface area contributed by atoms with Crippen LogP contribution < -0.4 is 14.4 Å². The topological polar surface area (TPSA) is 96.0 Å². The van der Waals surface area contributed by atoms with Crippen LogP contribution in [0.25, 0.3) is 0 Å². The van der Waals surface area contributed by atoms with Crippen LogP contribution >= 0.6 is 0 Å². The molecule has 0 heterocycles. The van der Waals surface area contributed by atoms with Gasteiger partial charge in [-0.1, -0.05) is 36.4 Å². The van der Waals surface area contributed by atoms with Crippen molar-refractivity contribution in [2.24, 2.45) is 0 Å². The predicted molar refractivity (Wildman–Crippen MR) is 144 cm³/mol. The third-order valence-electron chi connectivity index (χ3n) is 6.03. The molecule has 37 heavy (non-hydrogen) atoms. The summed E-state index contributed by atoms with van der Waals surface area (Å²) in [5.74, 6) is -0.202. The molecule has 196 valence electrons. The van der Waals surface area contributed by atoms with Gasteiger partial charge in [0.15, 0.2) is 0 Å². The van der Waals surface area contributed by atoms with Gasteiger partial charge in [0.25, 0.3) is 10.0 Å². The molecule has 0 saturated carbocycles. The van der Waals surface area contributed by atoms with Gasteiger partial charge in [0.05, 0.1) is 17.7 Å². The van der Waals surface area contributed by atoms with E-state index in [1.807, 2.05) is 19.9 Å². The summed E-state index contributed by atoms with van der Waals surface area (Å²) in [5.41, 5.74) is 2.88. The molecule has 0 radical (unpaired) electrons. The molecule has 1 atom stereocenters. The highest BCUT2D eigenvalue weighted by Crippen LogP contribution is 2.26. The lowest BCUT2D eigenvalue weighted by Gasteiger charge is -2.32. The van der Waals surface area contributed by atoms with Gasteiger partial charge in [-0.05, 0) is 73.9 Å². The normalized spacial score (nSPS) is 11.9. The quantitative estimate of drug-likeness (QED) is 0.438. The van der Waals surface area contributed by atoms with Crippen LogP contribution in [0.3, 0.4) is 0 Å². The van der Waals surface area contributed by atoms with Gasteiger partial charge < -0.3 is 15.0 Å². The van der Waals surface area contributed by atoms with Gasteiger partial charge in [-0.2, -0.15) is 0 Å². The van der Waals surface area contributed by atoms with E-state index in [0.717, 1.165) is 21.0 Å². The van der Waals surface area contributed by atoms with E-state index in [-0.39, 0.29) is 17.3 Å².